The van der Waals surface area contributed by atoms with Gasteiger partial charge in [-0.15, -0.1) is 0 Å². The maximum atomic E-state index is 12.3. The summed E-state index contributed by atoms with van der Waals surface area (Å²) < 4.78 is 0. The highest BCUT2D eigenvalue weighted by Crippen LogP contribution is 2.15. The van der Waals surface area contributed by atoms with Gasteiger partial charge in [0.1, 0.15) is 12.1 Å². The molecule has 0 radical (unpaired) electrons. The average Bonchev–Trinajstić information content (AvgIpc) is 2.97. The molecule has 1 aromatic heterocycles. The van der Waals surface area contributed by atoms with Crippen molar-refractivity contribution >= 4 is 28.7 Å². The number of benzene rings is 1. The molecule has 0 fully saturated rings. The molecule has 2 amide bonds. The third-order valence-electron chi connectivity index (χ3n) is 3.75. The smallest absolute Gasteiger partial charge is 0.326 e. The lowest BCUT2D eigenvalue weighted by molar-refractivity contribution is -0.142. The lowest BCUT2D eigenvalue weighted by Gasteiger charge is -2.19. The van der Waals surface area contributed by atoms with Gasteiger partial charge in [-0.2, -0.15) is 5.10 Å². The molecular formula is C17H22N4O4. The minimum Gasteiger partial charge on any atom is -0.480 e. The molecule has 0 bridgehead atoms. The van der Waals surface area contributed by atoms with Gasteiger partial charge in [-0.25, -0.2) is 4.79 Å². The number of carbonyl (C=O) groups is 3. The molecule has 1 heterocycles. The summed E-state index contributed by atoms with van der Waals surface area (Å²) in [4.78, 5) is 35.8. The van der Waals surface area contributed by atoms with Crippen LogP contribution in [0.1, 0.15) is 37.7 Å². The van der Waals surface area contributed by atoms with Crippen LogP contribution in [0.5, 0.6) is 0 Å². The van der Waals surface area contributed by atoms with E-state index in [0.29, 0.717) is 17.3 Å². The van der Waals surface area contributed by atoms with Gasteiger partial charge >= 0.3 is 5.97 Å². The lowest BCUT2D eigenvalue weighted by Crippen LogP contribution is -2.50. The number of amides is 2. The Kier molecular flexibility index (Phi) is 5.74. The van der Waals surface area contributed by atoms with Crippen LogP contribution in [0.2, 0.25) is 0 Å². The number of carbonyl (C=O) groups excluding carboxylic acids is 2. The average molecular weight is 346 g/mol. The van der Waals surface area contributed by atoms with Crippen molar-refractivity contribution in [1.82, 2.24) is 20.8 Å². The van der Waals surface area contributed by atoms with E-state index in [0.717, 1.165) is 0 Å². The number of carboxylic acid groups (broad SMARTS) is 1. The van der Waals surface area contributed by atoms with Crippen LogP contribution in [0.15, 0.2) is 24.3 Å². The van der Waals surface area contributed by atoms with Gasteiger partial charge in [0.25, 0.3) is 5.91 Å². The van der Waals surface area contributed by atoms with Crippen LogP contribution in [0.4, 0.5) is 0 Å². The second kappa shape index (κ2) is 7.78. The summed E-state index contributed by atoms with van der Waals surface area (Å²) in [5, 5.41) is 21.6. The van der Waals surface area contributed by atoms with Crippen molar-refractivity contribution in [3.63, 3.8) is 0 Å². The molecule has 0 saturated carbocycles. The lowest BCUT2D eigenvalue weighted by atomic mass is 10.0. The van der Waals surface area contributed by atoms with Crippen molar-refractivity contribution in [3.05, 3.63) is 30.0 Å². The number of aromatic amines is 1. The van der Waals surface area contributed by atoms with Crippen molar-refractivity contribution in [2.75, 3.05) is 0 Å². The fraction of sp³-hybridized carbons (Fsp3) is 0.412. The Bertz CT molecular complexity index is 784. The Morgan fingerprint density at radius 2 is 1.84 bits per heavy atom. The van der Waals surface area contributed by atoms with Gasteiger partial charge in [0.05, 0.1) is 5.52 Å². The van der Waals surface area contributed by atoms with E-state index >= 15 is 0 Å². The van der Waals surface area contributed by atoms with Gasteiger partial charge < -0.3 is 15.7 Å². The summed E-state index contributed by atoms with van der Waals surface area (Å²) >= 11 is 0. The molecular weight excluding hydrogens is 324 g/mol. The molecule has 1 unspecified atom stereocenters. The summed E-state index contributed by atoms with van der Waals surface area (Å²) in [7, 11) is 0. The fourth-order valence-corrected chi connectivity index (χ4v) is 2.46. The van der Waals surface area contributed by atoms with Crippen LogP contribution >= 0.6 is 0 Å². The summed E-state index contributed by atoms with van der Waals surface area (Å²) in [6, 6.07) is 5.27. The number of H-pyrrole nitrogens is 1. The van der Waals surface area contributed by atoms with E-state index in [9.17, 15) is 19.5 Å². The Morgan fingerprint density at radius 3 is 2.48 bits per heavy atom. The monoisotopic (exact) mass is 346 g/mol. The zero-order valence-electron chi connectivity index (χ0n) is 14.4. The third-order valence-corrected chi connectivity index (χ3v) is 3.75. The van der Waals surface area contributed by atoms with Gasteiger partial charge in [0, 0.05) is 5.39 Å². The largest absolute Gasteiger partial charge is 0.480 e. The predicted octanol–water partition coefficient (Wildman–Crippen LogP) is 1.30. The molecule has 134 valence electrons. The zero-order chi connectivity index (χ0) is 18.6. The van der Waals surface area contributed by atoms with Gasteiger partial charge in [-0.1, -0.05) is 32.0 Å². The van der Waals surface area contributed by atoms with Crippen molar-refractivity contribution in [2.45, 2.75) is 39.3 Å². The number of fused-ring (bicyclic) bond motifs is 1. The SMILES string of the molecule is CC(C)C[C@H](NC(=O)C(C)NC(=O)c1n[nH]c2ccccc12)C(=O)O. The minimum absolute atomic E-state index is 0.113. The maximum Gasteiger partial charge on any atom is 0.326 e. The number of aromatic nitrogens is 2. The Morgan fingerprint density at radius 1 is 1.16 bits per heavy atom. The molecule has 0 aliphatic carbocycles. The molecule has 2 atom stereocenters. The predicted molar refractivity (Wildman–Crippen MR) is 92.0 cm³/mol. The Balaban J connectivity index is 2.02. The standard InChI is InChI=1S/C17H22N4O4/c1-9(2)8-13(17(24)25)19-15(22)10(3)18-16(23)14-11-6-4-5-7-12(11)20-21-14/h4-7,9-10,13H,8H2,1-3H3,(H,18,23)(H,19,22)(H,20,21)(H,24,25)/t10?,13-/m0/s1. The third kappa shape index (κ3) is 4.56. The van der Waals surface area contributed by atoms with Crippen LogP contribution in [-0.4, -0.2) is 45.2 Å². The van der Waals surface area contributed by atoms with Crippen LogP contribution in [0, 0.1) is 5.92 Å². The number of hydrogen-bond acceptors (Lipinski definition) is 4. The van der Waals surface area contributed by atoms with Crippen LogP contribution in [0.3, 0.4) is 0 Å². The molecule has 2 aromatic rings. The molecule has 0 spiro atoms. The summed E-state index contributed by atoms with van der Waals surface area (Å²) in [5.41, 5.74) is 0.903. The molecule has 0 aliphatic rings. The van der Waals surface area contributed by atoms with Crippen molar-refractivity contribution in [3.8, 4) is 0 Å². The summed E-state index contributed by atoms with van der Waals surface area (Å²) in [5.74, 6) is -2.04. The normalized spacial score (nSPS) is 13.4. The van der Waals surface area contributed by atoms with E-state index in [1.165, 1.54) is 6.92 Å². The quantitative estimate of drug-likeness (QED) is 0.601. The van der Waals surface area contributed by atoms with Crippen LogP contribution < -0.4 is 10.6 Å². The van der Waals surface area contributed by atoms with E-state index < -0.39 is 29.9 Å². The summed E-state index contributed by atoms with van der Waals surface area (Å²) in [6.45, 7) is 5.24. The molecule has 0 aliphatic heterocycles. The van der Waals surface area contributed by atoms with Crippen LogP contribution in [-0.2, 0) is 9.59 Å². The number of hydrogen-bond donors (Lipinski definition) is 4. The first-order chi connectivity index (χ1) is 11.8. The molecule has 1 aromatic carbocycles. The second-order valence-electron chi connectivity index (χ2n) is 6.34. The number of para-hydroxylation sites is 1. The molecule has 2 rings (SSSR count). The Labute approximate surface area is 145 Å². The number of rotatable bonds is 7. The molecule has 0 saturated heterocycles. The van der Waals surface area contributed by atoms with E-state index in [1.54, 1.807) is 18.2 Å². The first-order valence-electron chi connectivity index (χ1n) is 8.06. The zero-order valence-corrected chi connectivity index (χ0v) is 14.4. The number of nitrogens with one attached hydrogen (secondary N) is 3. The van der Waals surface area contributed by atoms with Crippen molar-refractivity contribution < 1.29 is 19.5 Å². The van der Waals surface area contributed by atoms with E-state index in [1.807, 2.05) is 19.9 Å². The summed E-state index contributed by atoms with van der Waals surface area (Å²) in [6.07, 6.45) is 0.311. The van der Waals surface area contributed by atoms with Gasteiger partial charge in [0.15, 0.2) is 5.69 Å². The maximum absolute atomic E-state index is 12.3. The molecule has 8 heteroatoms. The minimum atomic E-state index is -1.10. The highest BCUT2D eigenvalue weighted by Gasteiger charge is 2.25. The number of nitrogens with zero attached hydrogens (tertiary/aromatic N) is 1. The fourth-order valence-electron chi connectivity index (χ4n) is 2.46. The first kappa shape index (κ1) is 18.4. The van der Waals surface area contributed by atoms with E-state index in [2.05, 4.69) is 20.8 Å². The second-order valence-corrected chi connectivity index (χ2v) is 6.34. The van der Waals surface area contributed by atoms with Gasteiger partial charge in [-0.3, -0.25) is 14.7 Å². The molecule has 4 N–H and O–H groups in total. The van der Waals surface area contributed by atoms with E-state index in [4.69, 9.17) is 0 Å². The first-order valence-corrected chi connectivity index (χ1v) is 8.06. The van der Waals surface area contributed by atoms with Crippen LogP contribution in [0.25, 0.3) is 10.9 Å². The molecule has 8 nitrogen and oxygen atoms in total. The van der Waals surface area contributed by atoms with Crippen molar-refractivity contribution in [2.24, 2.45) is 5.92 Å². The molecule has 25 heavy (non-hydrogen) atoms. The van der Waals surface area contributed by atoms with Gasteiger partial charge in [-0.05, 0) is 25.3 Å². The van der Waals surface area contributed by atoms with Crippen molar-refractivity contribution in [1.29, 1.82) is 0 Å². The van der Waals surface area contributed by atoms with E-state index in [-0.39, 0.29) is 11.6 Å². The number of carboxylic acids is 1. The highest BCUT2D eigenvalue weighted by molar-refractivity contribution is 6.06. The van der Waals surface area contributed by atoms with Gasteiger partial charge in [0.2, 0.25) is 5.91 Å². The highest BCUT2D eigenvalue weighted by atomic mass is 16.4. The number of aliphatic carboxylic acids is 1. The Hall–Kier alpha value is -2.90. The topological polar surface area (TPSA) is 124 Å².